The van der Waals surface area contributed by atoms with Gasteiger partial charge in [0.15, 0.2) is 11.5 Å². The fourth-order valence-corrected chi connectivity index (χ4v) is 3.42. The maximum absolute atomic E-state index is 12.7. The number of benzene rings is 2. The van der Waals surface area contributed by atoms with Crippen molar-refractivity contribution in [3.8, 4) is 11.5 Å². The number of hydrogen-bond acceptors (Lipinski definition) is 6. The molecule has 0 spiro atoms. The van der Waals surface area contributed by atoms with Crippen LogP contribution in [0.1, 0.15) is 35.5 Å². The molecule has 0 bridgehead atoms. The number of rotatable bonds is 9. The molecular formula is C22H23BrO6. The van der Waals surface area contributed by atoms with Gasteiger partial charge in [-0.05, 0) is 32.0 Å². The molecule has 0 aliphatic heterocycles. The SMILES string of the molecule is CCOc1cc(Br)c(COC(=O)c2oc3ccccc3c2COC)cc1OCC. The number of hydrogen-bond donors (Lipinski definition) is 0. The number of para-hydroxylation sites is 1. The Labute approximate surface area is 177 Å². The Kier molecular flexibility index (Phi) is 7.17. The van der Waals surface area contributed by atoms with E-state index >= 15 is 0 Å². The van der Waals surface area contributed by atoms with Crippen LogP contribution in [0.15, 0.2) is 45.3 Å². The van der Waals surface area contributed by atoms with E-state index in [-0.39, 0.29) is 19.0 Å². The van der Waals surface area contributed by atoms with E-state index in [9.17, 15) is 4.79 Å². The van der Waals surface area contributed by atoms with Gasteiger partial charge in [-0.3, -0.25) is 0 Å². The highest BCUT2D eigenvalue weighted by Gasteiger charge is 2.22. The van der Waals surface area contributed by atoms with Crippen molar-refractivity contribution in [3.05, 3.63) is 57.8 Å². The van der Waals surface area contributed by atoms with Crippen LogP contribution in [0.3, 0.4) is 0 Å². The molecule has 0 saturated carbocycles. The third-order valence-electron chi connectivity index (χ3n) is 4.24. The molecule has 6 nitrogen and oxygen atoms in total. The molecule has 0 radical (unpaired) electrons. The van der Waals surface area contributed by atoms with Gasteiger partial charge in [0, 0.05) is 28.1 Å². The molecule has 0 unspecified atom stereocenters. The molecule has 0 aliphatic rings. The molecular weight excluding hydrogens is 440 g/mol. The summed E-state index contributed by atoms with van der Waals surface area (Å²) in [6.07, 6.45) is 0. The van der Waals surface area contributed by atoms with Crippen LogP contribution in [0.5, 0.6) is 11.5 Å². The lowest BCUT2D eigenvalue weighted by Gasteiger charge is -2.14. The zero-order valence-electron chi connectivity index (χ0n) is 16.6. The first-order chi connectivity index (χ1) is 14.1. The lowest BCUT2D eigenvalue weighted by Crippen LogP contribution is -2.08. The van der Waals surface area contributed by atoms with Gasteiger partial charge in [0.05, 0.1) is 19.8 Å². The molecule has 0 amide bonds. The molecule has 1 heterocycles. The first-order valence-corrected chi connectivity index (χ1v) is 10.1. The molecule has 0 atom stereocenters. The Morgan fingerprint density at radius 1 is 1.03 bits per heavy atom. The van der Waals surface area contributed by atoms with E-state index in [0.717, 1.165) is 15.4 Å². The van der Waals surface area contributed by atoms with Gasteiger partial charge in [-0.15, -0.1) is 0 Å². The number of ether oxygens (including phenoxy) is 4. The summed E-state index contributed by atoms with van der Waals surface area (Å²) in [6, 6.07) is 11.1. The second-order valence-electron chi connectivity index (χ2n) is 6.17. The van der Waals surface area contributed by atoms with E-state index in [1.807, 2.05) is 44.2 Å². The number of methoxy groups -OCH3 is 1. The molecule has 7 heteroatoms. The fraction of sp³-hybridized carbons (Fsp3) is 0.318. The Morgan fingerprint density at radius 2 is 1.72 bits per heavy atom. The average Bonchev–Trinajstić information content (AvgIpc) is 3.08. The van der Waals surface area contributed by atoms with Crippen LogP contribution in [0.25, 0.3) is 11.0 Å². The topological polar surface area (TPSA) is 67.1 Å². The van der Waals surface area contributed by atoms with Gasteiger partial charge in [0.2, 0.25) is 5.76 Å². The van der Waals surface area contributed by atoms with E-state index in [4.69, 9.17) is 23.4 Å². The van der Waals surface area contributed by atoms with E-state index < -0.39 is 5.97 Å². The molecule has 154 valence electrons. The Morgan fingerprint density at radius 3 is 2.41 bits per heavy atom. The molecule has 1 aromatic heterocycles. The molecule has 3 aromatic rings. The van der Waals surface area contributed by atoms with Gasteiger partial charge < -0.3 is 23.4 Å². The standard InChI is InChI=1S/C22H23BrO6/c1-4-26-19-10-14(17(23)11-20(19)27-5-2)12-28-22(24)21-16(13-25-3)15-8-6-7-9-18(15)29-21/h6-11H,4-5,12-13H2,1-3H3. The third kappa shape index (κ3) is 4.74. The molecule has 29 heavy (non-hydrogen) atoms. The van der Waals surface area contributed by atoms with Gasteiger partial charge in [-0.25, -0.2) is 4.79 Å². The Balaban J connectivity index is 1.83. The number of esters is 1. The first-order valence-electron chi connectivity index (χ1n) is 9.33. The lowest BCUT2D eigenvalue weighted by atomic mass is 10.1. The second kappa shape index (κ2) is 9.80. The van der Waals surface area contributed by atoms with Crippen LogP contribution >= 0.6 is 15.9 Å². The van der Waals surface area contributed by atoms with Gasteiger partial charge >= 0.3 is 5.97 Å². The molecule has 0 aliphatic carbocycles. The Hall–Kier alpha value is -2.51. The number of carbonyl (C=O) groups excluding carboxylic acids is 1. The maximum atomic E-state index is 12.7. The predicted molar refractivity (Wildman–Crippen MR) is 113 cm³/mol. The monoisotopic (exact) mass is 462 g/mol. The summed E-state index contributed by atoms with van der Waals surface area (Å²) in [4.78, 5) is 12.7. The lowest BCUT2D eigenvalue weighted by molar-refractivity contribution is 0.0431. The smallest absolute Gasteiger partial charge is 0.374 e. The summed E-state index contributed by atoms with van der Waals surface area (Å²) < 4.78 is 28.5. The fourth-order valence-electron chi connectivity index (χ4n) is 2.98. The van der Waals surface area contributed by atoms with Crippen LogP contribution in [0.2, 0.25) is 0 Å². The third-order valence-corrected chi connectivity index (χ3v) is 4.98. The molecule has 0 fully saturated rings. The number of fused-ring (bicyclic) bond motifs is 1. The zero-order valence-corrected chi connectivity index (χ0v) is 18.2. The minimum atomic E-state index is -0.549. The van der Waals surface area contributed by atoms with Crippen molar-refractivity contribution in [2.24, 2.45) is 0 Å². The van der Waals surface area contributed by atoms with Crippen LogP contribution < -0.4 is 9.47 Å². The predicted octanol–water partition coefficient (Wildman–Crippen LogP) is 5.50. The summed E-state index contributed by atoms with van der Waals surface area (Å²) in [6.45, 7) is 5.13. The average molecular weight is 463 g/mol. The normalized spacial score (nSPS) is 10.9. The van der Waals surface area contributed by atoms with E-state index in [2.05, 4.69) is 15.9 Å². The zero-order chi connectivity index (χ0) is 20.8. The summed E-state index contributed by atoms with van der Waals surface area (Å²) in [7, 11) is 1.57. The Bertz CT molecular complexity index is 994. The molecule has 2 aromatic carbocycles. The highest BCUT2D eigenvalue weighted by Crippen LogP contribution is 2.34. The van der Waals surface area contributed by atoms with Crippen molar-refractivity contribution < 1.29 is 28.2 Å². The van der Waals surface area contributed by atoms with Gasteiger partial charge in [0.1, 0.15) is 12.2 Å². The number of carbonyl (C=O) groups is 1. The van der Waals surface area contributed by atoms with E-state index in [1.54, 1.807) is 13.2 Å². The minimum absolute atomic E-state index is 0.0510. The molecule has 0 N–H and O–H groups in total. The van der Waals surface area contributed by atoms with Crippen molar-refractivity contribution in [2.45, 2.75) is 27.1 Å². The van der Waals surface area contributed by atoms with Gasteiger partial charge in [0.25, 0.3) is 0 Å². The van der Waals surface area contributed by atoms with Gasteiger partial charge in [-0.2, -0.15) is 0 Å². The van der Waals surface area contributed by atoms with Crippen LogP contribution in [0, 0.1) is 0 Å². The van der Waals surface area contributed by atoms with Crippen LogP contribution in [-0.2, 0) is 22.7 Å². The number of furan rings is 1. The van der Waals surface area contributed by atoms with Crippen molar-refractivity contribution in [2.75, 3.05) is 20.3 Å². The highest BCUT2D eigenvalue weighted by atomic mass is 79.9. The minimum Gasteiger partial charge on any atom is -0.490 e. The summed E-state index contributed by atoms with van der Waals surface area (Å²) in [5.41, 5.74) is 2.05. The summed E-state index contributed by atoms with van der Waals surface area (Å²) in [5.74, 6) is 0.843. The highest BCUT2D eigenvalue weighted by molar-refractivity contribution is 9.10. The van der Waals surface area contributed by atoms with Gasteiger partial charge in [-0.1, -0.05) is 34.1 Å². The summed E-state index contributed by atoms with van der Waals surface area (Å²) in [5, 5.41) is 0.835. The maximum Gasteiger partial charge on any atom is 0.374 e. The quantitative estimate of drug-likeness (QED) is 0.391. The van der Waals surface area contributed by atoms with Crippen LogP contribution in [-0.4, -0.2) is 26.3 Å². The molecule has 0 saturated heterocycles. The van der Waals surface area contributed by atoms with Crippen LogP contribution in [0.4, 0.5) is 0 Å². The second-order valence-corrected chi connectivity index (χ2v) is 7.03. The van der Waals surface area contributed by atoms with E-state index in [1.165, 1.54) is 0 Å². The first kappa shape index (κ1) is 21.2. The van der Waals surface area contributed by atoms with Crippen molar-refractivity contribution in [1.82, 2.24) is 0 Å². The van der Waals surface area contributed by atoms with E-state index in [0.29, 0.717) is 35.9 Å². The van der Waals surface area contributed by atoms with Crippen molar-refractivity contribution in [1.29, 1.82) is 0 Å². The largest absolute Gasteiger partial charge is 0.490 e. The summed E-state index contributed by atoms with van der Waals surface area (Å²) >= 11 is 3.51. The molecule has 3 rings (SSSR count). The van der Waals surface area contributed by atoms with Crippen molar-refractivity contribution >= 4 is 32.9 Å². The van der Waals surface area contributed by atoms with Crippen molar-refractivity contribution in [3.63, 3.8) is 0 Å². The number of halogens is 1.